The Morgan fingerprint density at radius 2 is 1.64 bits per heavy atom. The van der Waals surface area contributed by atoms with Gasteiger partial charge in [0.25, 0.3) is 0 Å². The Bertz CT molecular complexity index is 1190. The lowest BCUT2D eigenvalue weighted by Crippen LogP contribution is -2.61. The van der Waals surface area contributed by atoms with Gasteiger partial charge in [-0.3, -0.25) is 14.9 Å². The fourth-order valence-electron chi connectivity index (χ4n) is 5.59. The van der Waals surface area contributed by atoms with Crippen molar-refractivity contribution in [2.75, 3.05) is 11.9 Å². The first-order valence-electron chi connectivity index (χ1n) is 13.8. The summed E-state index contributed by atoms with van der Waals surface area (Å²) in [6.45, 7) is 24.1. The van der Waals surface area contributed by atoms with E-state index in [1.807, 2.05) is 52.0 Å². The molecule has 39 heavy (non-hydrogen) atoms. The van der Waals surface area contributed by atoms with Crippen LogP contribution in [0.15, 0.2) is 29.8 Å². The number of anilines is 1. The second-order valence-corrected chi connectivity index (χ2v) is 19.2. The van der Waals surface area contributed by atoms with Gasteiger partial charge in [0.15, 0.2) is 8.32 Å². The summed E-state index contributed by atoms with van der Waals surface area (Å²) in [5.41, 5.74) is 1.55. The van der Waals surface area contributed by atoms with Crippen molar-refractivity contribution in [3.63, 3.8) is 0 Å². The zero-order valence-electron chi connectivity index (χ0n) is 25.8. The Labute approximate surface area is 235 Å². The number of Topliss-reactive ketones (excluding diaryl/α,β-unsaturated/α-hetero) is 1. The van der Waals surface area contributed by atoms with Crippen molar-refractivity contribution >= 4 is 37.4 Å². The van der Waals surface area contributed by atoms with Crippen LogP contribution in [0.2, 0.25) is 18.1 Å². The van der Waals surface area contributed by atoms with Crippen LogP contribution in [0.4, 0.5) is 10.5 Å². The summed E-state index contributed by atoms with van der Waals surface area (Å²) in [7, 11) is -2.32. The zero-order chi connectivity index (χ0) is 29.8. The predicted molar refractivity (Wildman–Crippen MR) is 157 cm³/mol. The summed E-state index contributed by atoms with van der Waals surface area (Å²) in [5, 5.41) is 2.86. The minimum Gasteiger partial charge on any atom is -0.465 e. The molecule has 0 heterocycles. The summed E-state index contributed by atoms with van der Waals surface area (Å²) >= 11 is 0. The molecule has 0 saturated heterocycles. The van der Waals surface area contributed by atoms with Crippen LogP contribution in [0.1, 0.15) is 81.2 Å². The second kappa shape index (κ2) is 10.2. The van der Waals surface area contributed by atoms with Crippen molar-refractivity contribution < 1.29 is 28.3 Å². The molecule has 2 aliphatic rings. The molecule has 0 bridgehead atoms. The number of hydrogen-bond donors (Lipinski definition) is 1. The summed E-state index contributed by atoms with van der Waals surface area (Å²) in [5.74, 6) is -0.574. The van der Waals surface area contributed by atoms with Crippen LogP contribution < -0.4 is 5.32 Å². The number of hydrogen-bond acceptors (Lipinski definition) is 6. The minimum absolute atomic E-state index is 0.0670. The molecule has 1 amide bonds. The van der Waals surface area contributed by atoms with E-state index in [9.17, 15) is 14.4 Å². The number of esters is 1. The minimum atomic E-state index is -2.32. The predicted octanol–water partition coefficient (Wildman–Crippen LogP) is 7.38. The van der Waals surface area contributed by atoms with Crippen LogP contribution in [-0.2, 0) is 23.5 Å². The molecule has 3 rings (SSSR count). The molecule has 0 spiro atoms. The molecule has 1 N–H and O–H groups in total. The molecule has 0 aromatic heterocycles. The first-order valence-corrected chi connectivity index (χ1v) is 16.7. The number of ketones is 1. The summed E-state index contributed by atoms with van der Waals surface area (Å²) in [6.07, 6.45) is -0.691. The van der Waals surface area contributed by atoms with E-state index >= 15 is 0 Å². The quantitative estimate of drug-likeness (QED) is 0.290. The Hall–Kier alpha value is -2.45. The highest BCUT2D eigenvalue weighted by molar-refractivity contribution is 6.74. The average Bonchev–Trinajstić information content (AvgIpc) is 2.73. The van der Waals surface area contributed by atoms with E-state index in [-0.39, 0.29) is 35.7 Å². The lowest BCUT2D eigenvalue weighted by molar-refractivity contribution is -0.152. The maximum absolute atomic E-state index is 13.7. The van der Waals surface area contributed by atoms with Gasteiger partial charge in [-0.05, 0) is 56.1 Å². The molecule has 1 unspecified atom stereocenters. The van der Waals surface area contributed by atoms with Crippen LogP contribution in [0.3, 0.4) is 0 Å². The van der Waals surface area contributed by atoms with Crippen molar-refractivity contribution in [2.24, 2.45) is 16.7 Å². The van der Waals surface area contributed by atoms with Crippen LogP contribution >= 0.6 is 0 Å². The first-order chi connectivity index (χ1) is 17.6. The average molecular weight is 558 g/mol. The molecule has 1 fully saturated rings. The number of allylic oxidation sites excluding steroid dienone is 1. The Balaban J connectivity index is 2.22. The lowest BCUT2D eigenvalue weighted by atomic mass is 9.47. The molecule has 8 heteroatoms. The Morgan fingerprint density at radius 1 is 1.05 bits per heavy atom. The number of amides is 1. The number of fused-ring (bicyclic) bond motifs is 1. The summed E-state index contributed by atoms with van der Waals surface area (Å²) in [4.78, 5) is 38.3. The van der Waals surface area contributed by atoms with E-state index in [0.717, 1.165) is 16.7 Å². The molecule has 1 aromatic rings. The lowest BCUT2D eigenvalue weighted by Gasteiger charge is -2.59. The third-order valence-corrected chi connectivity index (χ3v) is 12.9. The van der Waals surface area contributed by atoms with Gasteiger partial charge in [0.05, 0.1) is 24.3 Å². The number of para-hydroxylation sites is 1. The van der Waals surface area contributed by atoms with Gasteiger partial charge in [-0.15, -0.1) is 0 Å². The number of carbonyl (C=O) groups excluding carboxylic acids is 3. The van der Waals surface area contributed by atoms with Crippen molar-refractivity contribution in [2.45, 2.75) is 105 Å². The number of ether oxygens (including phenoxy) is 2. The fraction of sp³-hybridized carbons (Fsp3) is 0.645. The summed E-state index contributed by atoms with van der Waals surface area (Å²) < 4.78 is 18.2. The summed E-state index contributed by atoms with van der Waals surface area (Å²) in [6, 6.07) is 7.62. The van der Waals surface area contributed by atoms with Crippen molar-refractivity contribution in [1.29, 1.82) is 0 Å². The fourth-order valence-corrected chi connectivity index (χ4v) is 6.95. The first kappa shape index (κ1) is 31.1. The van der Waals surface area contributed by atoms with Crippen LogP contribution in [0.5, 0.6) is 0 Å². The smallest absolute Gasteiger partial charge is 0.412 e. The molecule has 0 aliphatic heterocycles. The molecule has 1 saturated carbocycles. The topological polar surface area (TPSA) is 90.9 Å². The van der Waals surface area contributed by atoms with Crippen LogP contribution in [0, 0.1) is 16.7 Å². The zero-order valence-corrected chi connectivity index (χ0v) is 26.8. The van der Waals surface area contributed by atoms with Crippen LogP contribution in [-0.4, -0.2) is 44.5 Å². The molecule has 2 aliphatic carbocycles. The van der Waals surface area contributed by atoms with Gasteiger partial charge in [-0.1, -0.05) is 59.7 Å². The van der Waals surface area contributed by atoms with Crippen molar-refractivity contribution in [3.8, 4) is 0 Å². The van der Waals surface area contributed by atoms with Gasteiger partial charge in [0.1, 0.15) is 11.4 Å². The third-order valence-electron chi connectivity index (χ3n) is 8.44. The van der Waals surface area contributed by atoms with Gasteiger partial charge < -0.3 is 13.9 Å². The van der Waals surface area contributed by atoms with E-state index in [1.165, 1.54) is 6.92 Å². The van der Waals surface area contributed by atoms with Gasteiger partial charge in [-0.2, -0.15) is 0 Å². The highest BCUT2D eigenvalue weighted by atomic mass is 28.4. The highest BCUT2D eigenvalue weighted by Gasteiger charge is 2.62. The SMILES string of the molecule is CC(=O)OC[C@]1(C)CC(=O)C2C(=C(c3ccccc3NC(=O)OC(C)(C)C)C2(C)C)[C@@H]1O[Si](C)(C)C(C)(C)C. The van der Waals surface area contributed by atoms with Gasteiger partial charge in [-0.25, -0.2) is 4.79 Å². The molecule has 3 atom stereocenters. The maximum Gasteiger partial charge on any atom is 0.412 e. The monoisotopic (exact) mass is 557 g/mol. The molecular weight excluding hydrogens is 510 g/mol. The standard InChI is InChI=1S/C31H47NO6Si/c1-19(33)36-18-31(10)17-22(34)25-23(26(31)38-39(11,12)29(5,6)7)24(30(25,8)9)20-15-13-14-16-21(20)32-27(35)37-28(2,3)4/h13-16,25-26H,17-18H2,1-12H3,(H,32,35)/t25?,26-,31-/m0/s1. The third kappa shape index (κ3) is 6.17. The van der Waals surface area contributed by atoms with E-state index < -0.39 is 36.9 Å². The van der Waals surface area contributed by atoms with E-state index in [4.69, 9.17) is 13.9 Å². The van der Waals surface area contributed by atoms with Gasteiger partial charge in [0, 0.05) is 29.7 Å². The number of benzene rings is 1. The highest BCUT2D eigenvalue weighted by Crippen LogP contribution is 2.64. The Kier molecular flexibility index (Phi) is 8.11. The molecule has 0 radical (unpaired) electrons. The molecular formula is C31H47NO6Si. The maximum atomic E-state index is 13.7. The van der Waals surface area contributed by atoms with Crippen LogP contribution in [0.25, 0.3) is 5.57 Å². The molecule has 7 nitrogen and oxygen atoms in total. The van der Waals surface area contributed by atoms with Gasteiger partial charge >= 0.3 is 12.1 Å². The van der Waals surface area contributed by atoms with Gasteiger partial charge in [0.2, 0.25) is 0 Å². The number of carbonyl (C=O) groups is 3. The van der Waals surface area contributed by atoms with E-state index in [0.29, 0.717) is 5.69 Å². The molecule has 216 valence electrons. The second-order valence-electron chi connectivity index (χ2n) is 14.5. The largest absolute Gasteiger partial charge is 0.465 e. The van der Waals surface area contributed by atoms with E-state index in [2.05, 4.69) is 53.0 Å². The normalized spacial score (nSPS) is 25.0. The van der Waals surface area contributed by atoms with Crippen molar-refractivity contribution in [1.82, 2.24) is 0 Å². The van der Waals surface area contributed by atoms with E-state index in [1.54, 1.807) is 0 Å². The Morgan fingerprint density at radius 3 is 2.18 bits per heavy atom. The van der Waals surface area contributed by atoms with Crippen molar-refractivity contribution in [3.05, 3.63) is 35.4 Å². The number of rotatable bonds is 6. The molecule has 1 aromatic carbocycles. The number of nitrogens with one attached hydrogen (secondary N) is 1.